The quantitative estimate of drug-likeness (QED) is 0.479. The monoisotopic (exact) mass is 407 g/mol. The Hall–Kier alpha value is -3.04. The number of aromatic amines is 1. The summed E-state index contributed by atoms with van der Waals surface area (Å²) in [4.78, 5) is 11.5. The third-order valence-corrected chi connectivity index (χ3v) is 6.27. The van der Waals surface area contributed by atoms with Crippen molar-refractivity contribution in [1.29, 1.82) is 5.41 Å². The second-order valence-corrected chi connectivity index (χ2v) is 8.12. The maximum absolute atomic E-state index is 9.97. The molecule has 9 nitrogen and oxygen atoms in total. The zero-order chi connectivity index (χ0) is 20.6. The zero-order valence-corrected chi connectivity index (χ0v) is 16.7. The number of aliphatic hydroxyl groups is 1. The molecule has 0 unspecified atom stereocenters. The summed E-state index contributed by atoms with van der Waals surface area (Å²) in [5.74, 6) is 1.12. The van der Waals surface area contributed by atoms with Gasteiger partial charge in [0, 0.05) is 37.0 Å². The van der Waals surface area contributed by atoms with Crippen molar-refractivity contribution in [3.63, 3.8) is 0 Å². The van der Waals surface area contributed by atoms with Crippen LogP contribution >= 0.6 is 0 Å². The van der Waals surface area contributed by atoms with Gasteiger partial charge in [-0.15, -0.1) is 0 Å². The van der Waals surface area contributed by atoms with Gasteiger partial charge in [0.05, 0.1) is 24.9 Å². The fraction of sp³-hybridized carbons (Fsp3) is 0.429. The van der Waals surface area contributed by atoms with Crippen LogP contribution in [0.25, 0.3) is 10.9 Å². The van der Waals surface area contributed by atoms with Gasteiger partial charge in [-0.3, -0.25) is 5.10 Å². The lowest BCUT2D eigenvalue weighted by Crippen LogP contribution is -2.41. The van der Waals surface area contributed by atoms with Crippen molar-refractivity contribution in [3.8, 4) is 0 Å². The lowest BCUT2D eigenvalue weighted by molar-refractivity contribution is 0.133. The number of rotatable bonds is 5. The van der Waals surface area contributed by atoms with Gasteiger partial charge >= 0.3 is 0 Å². The summed E-state index contributed by atoms with van der Waals surface area (Å²) in [7, 11) is 0. The van der Waals surface area contributed by atoms with E-state index < -0.39 is 0 Å². The summed E-state index contributed by atoms with van der Waals surface area (Å²) in [6.45, 7) is 3.19. The number of nitrogens with zero attached hydrogens (tertiary/aromatic N) is 4. The molecule has 0 amide bonds. The van der Waals surface area contributed by atoms with Crippen LogP contribution in [0.15, 0.2) is 24.4 Å². The van der Waals surface area contributed by atoms with Crippen LogP contribution in [0.5, 0.6) is 0 Å². The van der Waals surface area contributed by atoms with Crippen molar-refractivity contribution < 1.29 is 9.84 Å². The van der Waals surface area contributed by atoms with E-state index in [2.05, 4.69) is 25.4 Å². The highest BCUT2D eigenvalue weighted by Gasteiger charge is 2.38. The molecule has 2 aliphatic rings. The van der Waals surface area contributed by atoms with E-state index in [1.807, 2.05) is 18.2 Å². The summed E-state index contributed by atoms with van der Waals surface area (Å²) in [5.41, 5.74) is 2.96. The molecule has 0 radical (unpaired) electrons. The van der Waals surface area contributed by atoms with Gasteiger partial charge in [-0.05, 0) is 42.9 Å². The minimum absolute atomic E-state index is 0.209. The van der Waals surface area contributed by atoms with E-state index in [-0.39, 0.29) is 6.61 Å². The minimum Gasteiger partial charge on any atom is -0.390 e. The predicted octanol–water partition coefficient (Wildman–Crippen LogP) is 2.59. The van der Waals surface area contributed by atoms with Crippen LogP contribution in [0.2, 0.25) is 0 Å². The van der Waals surface area contributed by atoms with Gasteiger partial charge in [0.2, 0.25) is 0 Å². The van der Waals surface area contributed by atoms with Crippen molar-refractivity contribution >= 4 is 34.4 Å². The average Bonchev–Trinajstić information content (AvgIpc) is 3.43. The molecule has 2 aromatic heterocycles. The number of aliphatic hydroxyl groups excluding tert-OH is 1. The second-order valence-electron chi connectivity index (χ2n) is 8.12. The molecular formula is C21H25N7O2. The molecule has 2 fully saturated rings. The van der Waals surface area contributed by atoms with Crippen molar-refractivity contribution in [2.75, 3.05) is 36.5 Å². The van der Waals surface area contributed by atoms with E-state index in [4.69, 9.17) is 15.1 Å². The van der Waals surface area contributed by atoms with Gasteiger partial charge in [0.15, 0.2) is 11.6 Å². The normalized spacial score (nSPS) is 18.2. The third kappa shape index (κ3) is 3.40. The van der Waals surface area contributed by atoms with Crippen LogP contribution in [-0.2, 0) is 11.3 Å². The fourth-order valence-electron chi connectivity index (χ4n) is 4.41. The number of piperidine rings is 1. The smallest absolute Gasteiger partial charge is 0.158 e. The van der Waals surface area contributed by atoms with E-state index in [1.165, 1.54) is 6.21 Å². The molecule has 156 valence electrons. The zero-order valence-electron chi connectivity index (χ0n) is 16.7. The summed E-state index contributed by atoms with van der Waals surface area (Å²) in [6.07, 6.45) is 6.17. The van der Waals surface area contributed by atoms with Gasteiger partial charge in [0.25, 0.3) is 0 Å². The highest BCUT2D eigenvalue weighted by molar-refractivity contribution is 5.86. The van der Waals surface area contributed by atoms with Gasteiger partial charge < -0.3 is 25.5 Å². The lowest BCUT2D eigenvalue weighted by atomic mass is 9.78. The molecule has 30 heavy (non-hydrogen) atoms. The molecule has 0 atom stereocenters. The number of aromatic nitrogens is 4. The standard InChI is InChI=1S/C21H25N7O2/c22-10-17-19(24-15-2-1-14-11-23-27-16(14)9-15)25-18(12-29)20(26-17)28-6-3-21(4-7-28)5-8-30-13-21/h1-2,9-11,22,29H,3-8,12-13H2,(H,23,27)(H,24,25). The molecule has 2 saturated heterocycles. The second kappa shape index (κ2) is 7.66. The molecule has 3 aromatic rings. The molecular weight excluding hydrogens is 382 g/mol. The first-order chi connectivity index (χ1) is 14.7. The number of ether oxygens (including phenoxy) is 1. The Kier molecular flexibility index (Phi) is 4.84. The van der Waals surface area contributed by atoms with Crippen molar-refractivity contribution in [2.45, 2.75) is 25.9 Å². The van der Waals surface area contributed by atoms with Crippen molar-refractivity contribution in [1.82, 2.24) is 20.2 Å². The number of H-pyrrole nitrogens is 1. The fourth-order valence-corrected chi connectivity index (χ4v) is 4.41. The molecule has 4 N–H and O–H groups in total. The van der Waals surface area contributed by atoms with E-state index in [1.54, 1.807) is 6.20 Å². The van der Waals surface area contributed by atoms with E-state index in [0.717, 1.165) is 62.2 Å². The first-order valence-corrected chi connectivity index (χ1v) is 10.2. The third-order valence-electron chi connectivity index (χ3n) is 6.27. The van der Waals surface area contributed by atoms with Crippen LogP contribution in [-0.4, -0.2) is 57.8 Å². The molecule has 9 heteroatoms. The van der Waals surface area contributed by atoms with E-state index in [9.17, 15) is 5.11 Å². The molecule has 4 heterocycles. The Morgan fingerprint density at radius 1 is 1.27 bits per heavy atom. The summed E-state index contributed by atoms with van der Waals surface area (Å²) >= 11 is 0. The van der Waals surface area contributed by atoms with Crippen LogP contribution in [0.1, 0.15) is 30.7 Å². The Balaban J connectivity index is 1.41. The van der Waals surface area contributed by atoms with Crippen LogP contribution in [0.3, 0.4) is 0 Å². The van der Waals surface area contributed by atoms with Gasteiger partial charge in [-0.2, -0.15) is 5.10 Å². The topological polar surface area (TPSA) is 123 Å². The molecule has 0 bridgehead atoms. The van der Waals surface area contributed by atoms with Gasteiger partial charge in [-0.1, -0.05) is 0 Å². The predicted molar refractivity (Wildman–Crippen MR) is 115 cm³/mol. The Morgan fingerprint density at radius 2 is 2.13 bits per heavy atom. The highest BCUT2D eigenvalue weighted by atomic mass is 16.5. The lowest BCUT2D eigenvalue weighted by Gasteiger charge is -2.39. The summed E-state index contributed by atoms with van der Waals surface area (Å²) in [5, 5.41) is 29.0. The Labute approximate surface area is 174 Å². The number of nitrogens with one attached hydrogen (secondary N) is 3. The van der Waals surface area contributed by atoms with E-state index in [0.29, 0.717) is 28.4 Å². The first-order valence-electron chi connectivity index (χ1n) is 10.2. The molecule has 0 aliphatic carbocycles. The SMILES string of the molecule is N=Cc1nc(N2CCC3(CCOC3)CC2)c(CO)nc1Nc1ccc2cn[nH]c2c1. The number of hydrogen-bond acceptors (Lipinski definition) is 8. The minimum atomic E-state index is -0.209. The molecule has 0 saturated carbocycles. The first kappa shape index (κ1) is 19.0. The Bertz CT molecular complexity index is 1060. The van der Waals surface area contributed by atoms with Gasteiger partial charge in [0.1, 0.15) is 11.4 Å². The largest absolute Gasteiger partial charge is 0.390 e. The van der Waals surface area contributed by atoms with Crippen molar-refractivity contribution in [3.05, 3.63) is 35.8 Å². The molecule has 1 spiro atoms. The van der Waals surface area contributed by atoms with Crippen LogP contribution in [0, 0.1) is 10.8 Å². The molecule has 1 aromatic carbocycles. The molecule has 2 aliphatic heterocycles. The number of hydrogen-bond donors (Lipinski definition) is 4. The maximum atomic E-state index is 9.97. The maximum Gasteiger partial charge on any atom is 0.158 e. The van der Waals surface area contributed by atoms with Crippen LogP contribution < -0.4 is 10.2 Å². The summed E-state index contributed by atoms with van der Waals surface area (Å²) < 4.78 is 5.62. The number of benzene rings is 1. The van der Waals surface area contributed by atoms with E-state index >= 15 is 0 Å². The molecule has 5 rings (SSSR count). The average molecular weight is 407 g/mol. The van der Waals surface area contributed by atoms with Gasteiger partial charge in [-0.25, -0.2) is 9.97 Å². The van der Waals surface area contributed by atoms with Crippen molar-refractivity contribution in [2.24, 2.45) is 5.41 Å². The number of anilines is 3. The Morgan fingerprint density at radius 3 is 2.87 bits per heavy atom. The van der Waals surface area contributed by atoms with Crippen LogP contribution in [0.4, 0.5) is 17.3 Å². The number of fused-ring (bicyclic) bond motifs is 1. The summed E-state index contributed by atoms with van der Waals surface area (Å²) in [6, 6.07) is 5.81. The highest BCUT2D eigenvalue weighted by Crippen LogP contribution is 2.40.